The van der Waals surface area contributed by atoms with Gasteiger partial charge in [-0.2, -0.15) is 10.2 Å². The van der Waals surface area contributed by atoms with Gasteiger partial charge < -0.3 is 9.84 Å². The van der Waals surface area contributed by atoms with Gasteiger partial charge in [-0.05, 0) is 30.3 Å². The zero-order valence-electron chi connectivity index (χ0n) is 16.5. The Morgan fingerprint density at radius 3 is 2.61 bits per heavy atom. The third-order valence-corrected chi connectivity index (χ3v) is 6.44. The smallest absolute Gasteiger partial charge is 0.274 e. The minimum atomic E-state index is -3.82. The summed E-state index contributed by atoms with van der Waals surface area (Å²) >= 11 is 0. The van der Waals surface area contributed by atoms with Crippen LogP contribution >= 0.6 is 0 Å². The molecule has 0 amide bonds. The molecule has 0 aliphatic heterocycles. The molecular weight excluding hydrogens is 422 g/mol. The topological polar surface area (TPSA) is 129 Å². The van der Waals surface area contributed by atoms with Crippen LogP contribution in [0, 0.1) is 0 Å². The van der Waals surface area contributed by atoms with Gasteiger partial charge >= 0.3 is 0 Å². The molecule has 4 rings (SSSR count). The number of aliphatic hydroxyl groups is 1. The van der Waals surface area contributed by atoms with Gasteiger partial charge in [-0.15, -0.1) is 0 Å². The number of hydrogen-bond donors (Lipinski definition) is 1. The molecule has 1 aromatic carbocycles. The summed E-state index contributed by atoms with van der Waals surface area (Å²) in [4.78, 5) is 16.8. The molecule has 3 heterocycles. The molecule has 4 aromatic rings. The number of benzene rings is 1. The Balaban J connectivity index is 1.66. The zero-order valence-corrected chi connectivity index (χ0v) is 17.4. The number of aliphatic hydroxyl groups excluding tert-OH is 1. The average Bonchev–Trinajstić information content (AvgIpc) is 3.22. The minimum Gasteiger partial charge on any atom is -0.481 e. The fraction of sp³-hybridized carbons (Fsp3) is 0.200. The van der Waals surface area contributed by atoms with E-state index >= 15 is 0 Å². The Morgan fingerprint density at radius 1 is 1.10 bits per heavy atom. The molecule has 0 saturated heterocycles. The van der Waals surface area contributed by atoms with Gasteiger partial charge in [-0.1, -0.05) is 0 Å². The van der Waals surface area contributed by atoms with E-state index in [9.17, 15) is 13.2 Å². The molecule has 0 fully saturated rings. The summed E-state index contributed by atoms with van der Waals surface area (Å²) in [5.74, 6) is 0.309. The normalized spacial score (nSPS) is 11.7. The standard InChI is InChI=1S/C20H19N5O5S/c1-30-19-5-3-17(12-21-19)31(28,29)16-2-4-18-14(10-16)11-22-25(20(18)27)13-15-6-7-24(23-15)8-9-26/h2-7,10-12,26H,8-9,13H2,1H3. The molecule has 0 saturated carbocycles. The molecule has 10 nitrogen and oxygen atoms in total. The SMILES string of the molecule is COc1ccc(S(=O)(=O)c2ccc3c(=O)n(Cc4ccn(CCO)n4)ncc3c2)cn1. The van der Waals surface area contributed by atoms with Crippen LogP contribution in [0.4, 0.5) is 0 Å². The average molecular weight is 441 g/mol. The van der Waals surface area contributed by atoms with Gasteiger partial charge in [0.1, 0.15) is 0 Å². The molecule has 11 heteroatoms. The van der Waals surface area contributed by atoms with Crippen molar-refractivity contribution in [2.45, 2.75) is 22.9 Å². The number of sulfone groups is 1. The van der Waals surface area contributed by atoms with Crippen molar-refractivity contribution in [3.63, 3.8) is 0 Å². The van der Waals surface area contributed by atoms with Crippen molar-refractivity contribution in [2.75, 3.05) is 13.7 Å². The van der Waals surface area contributed by atoms with Crippen LogP contribution in [0.2, 0.25) is 0 Å². The summed E-state index contributed by atoms with van der Waals surface area (Å²) < 4.78 is 33.6. The molecule has 3 aromatic heterocycles. The fourth-order valence-electron chi connectivity index (χ4n) is 3.10. The summed E-state index contributed by atoms with van der Waals surface area (Å²) in [6.45, 7) is 0.485. The van der Waals surface area contributed by atoms with E-state index in [1.165, 1.54) is 54.5 Å². The van der Waals surface area contributed by atoms with E-state index in [0.29, 0.717) is 28.9 Å². The first-order valence-corrected chi connectivity index (χ1v) is 10.8. The maximum Gasteiger partial charge on any atom is 0.274 e. The maximum absolute atomic E-state index is 12.9. The number of rotatable bonds is 7. The Morgan fingerprint density at radius 2 is 1.90 bits per heavy atom. The quantitative estimate of drug-likeness (QED) is 0.447. The van der Waals surface area contributed by atoms with Crippen LogP contribution in [-0.2, 0) is 22.9 Å². The number of pyridine rings is 1. The van der Waals surface area contributed by atoms with Crippen LogP contribution in [0.5, 0.6) is 5.88 Å². The minimum absolute atomic E-state index is 0.0208. The van der Waals surface area contributed by atoms with Crippen molar-refractivity contribution < 1.29 is 18.3 Å². The highest BCUT2D eigenvalue weighted by molar-refractivity contribution is 7.91. The van der Waals surface area contributed by atoms with Crippen molar-refractivity contribution in [3.05, 3.63) is 71.0 Å². The number of nitrogens with zero attached hydrogens (tertiary/aromatic N) is 5. The van der Waals surface area contributed by atoms with Gasteiger partial charge in [0.15, 0.2) is 0 Å². The number of fused-ring (bicyclic) bond motifs is 1. The lowest BCUT2D eigenvalue weighted by Gasteiger charge is -2.08. The van der Waals surface area contributed by atoms with E-state index in [4.69, 9.17) is 9.84 Å². The van der Waals surface area contributed by atoms with Gasteiger partial charge in [-0.3, -0.25) is 9.48 Å². The van der Waals surface area contributed by atoms with E-state index in [1.807, 2.05) is 0 Å². The van der Waals surface area contributed by atoms with Crippen molar-refractivity contribution in [1.82, 2.24) is 24.5 Å². The van der Waals surface area contributed by atoms with E-state index in [-0.39, 0.29) is 28.5 Å². The van der Waals surface area contributed by atoms with E-state index in [0.717, 1.165) is 0 Å². The van der Waals surface area contributed by atoms with E-state index < -0.39 is 9.84 Å². The first kappa shape index (κ1) is 20.7. The highest BCUT2D eigenvalue weighted by Gasteiger charge is 2.19. The zero-order chi connectivity index (χ0) is 22.0. The lowest BCUT2D eigenvalue weighted by molar-refractivity contribution is 0.269. The lowest BCUT2D eigenvalue weighted by Crippen LogP contribution is -2.23. The van der Waals surface area contributed by atoms with Gasteiger partial charge in [0, 0.05) is 23.8 Å². The predicted octanol–water partition coefficient (Wildman–Crippen LogP) is 0.870. The summed E-state index contributed by atoms with van der Waals surface area (Å²) in [7, 11) is -2.37. The Kier molecular flexibility index (Phi) is 5.53. The molecule has 0 aliphatic carbocycles. The third kappa shape index (κ3) is 4.05. The number of methoxy groups -OCH3 is 1. The molecule has 1 N–H and O–H groups in total. The summed E-state index contributed by atoms with van der Waals surface area (Å²) in [6.07, 6.45) is 4.39. The van der Waals surface area contributed by atoms with E-state index in [1.54, 1.807) is 16.9 Å². The number of aromatic nitrogens is 5. The molecule has 31 heavy (non-hydrogen) atoms. The van der Waals surface area contributed by atoms with Crippen molar-refractivity contribution in [2.24, 2.45) is 0 Å². The highest BCUT2D eigenvalue weighted by atomic mass is 32.2. The first-order chi connectivity index (χ1) is 14.9. The molecule has 0 radical (unpaired) electrons. The van der Waals surface area contributed by atoms with Crippen molar-refractivity contribution in [3.8, 4) is 5.88 Å². The molecule has 0 atom stereocenters. The van der Waals surface area contributed by atoms with Crippen LogP contribution in [0.25, 0.3) is 10.8 Å². The predicted molar refractivity (Wildman–Crippen MR) is 111 cm³/mol. The molecule has 0 aliphatic rings. The van der Waals surface area contributed by atoms with Crippen LogP contribution in [0.1, 0.15) is 5.69 Å². The highest BCUT2D eigenvalue weighted by Crippen LogP contribution is 2.24. The first-order valence-electron chi connectivity index (χ1n) is 9.30. The summed E-state index contributed by atoms with van der Waals surface area (Å²) in [5.41, 5.74) is 0.262. The largest absolute Gasteiger partial charge is 0.481 e. The molecule has 0 spiro atoms. The fourth-order valence-corrected chi connectivity index (χ4v) is 4.34. The number of hydrogen-bond acceptors (Lipinski definition) is 8. The Bertz CT molecular complexity index is 1390. The summed E-state index contributed by atoms with van der Waals surface area (Å²) in [6, 6.07) is 8.91. The summed E-state index contributed by atoms with van der Waals surface area (Å²) in [5, 5.41) is 18.2. The van der Waals surface area contributed by atoms with Crippen LogP contribution in [-0.4, -0.2) is 51.8 Å². The van der Waals surface area contributed by atoms with Crippen molar-refractivity contribution in [1.29, 1.82) is 0 Å². The Labute approximate surface area is 177 Å². The molecule has 0 bridgehead atoms. The van der Waals surface area contributed by atoms with E-state index in [2.05, 4.69) is 15.2 Å². The number of ether oxygens (including phenoxy) is 1. The second-order valence-corrected chi connectivity index (χ2v) is 8.64. The Hall–Kier alpha value is -3.57. The van der Waals surface area contributed by atoms with Crippen molar-refractivity contribution >= 4 is 20.6 Å². The van der Waals surface area contributed by atoms with Crippen LogP contribution < -0.4 is 10.3 Å². The molecule has 0 unspecified atom stereocenters. The van der Waals surface area contributed by atoms with Gasteiger partial charge in [0.2, 0.25) is 15.7 Å². The van der Waals surface area contributed by atoms with Crippen LogP contribution in [0.3, 0.4) is 0 Å². The lowest BCUT2D eigenvalue weighted by atomic mass is 10.2. The molecule has 160 valence electrons. The second kappa shape index (κ2) is 8.28. The monoisotopic (exact) mass is 441 g/mol. The third-order valence-electron chi connectivity index (χ3n) is 4.70. The maximum atomic E-state index is 12.9. The second-order valence-electron chi connectivity index (χ2n) is 6.69. The van der Waals surface area contributed by atoms with Gasteiger partial charge in [0.25, 0.3) is 5.56 Å². The van der Waals surface area contributed by atoms with Crippen LogP contribution in [0.15, 0.2) is 69.6 Å². The van der Waals surface area contributed by atoms with Gasteiger partial charge in [0.05, 0.1) is 53.9 Å². The van der Waals surface area contributed by atoms with Gasteiger partial charge in [-0.25, -0.2) is 18.1 Å². The molecular formula is C20H19N5O5S.